The van der Waals surface area contributed by atoms with Gasteiger partial charge in [0.2, 0.25) is 0 Å². The molecule has 20 heavy (non-hydrogen) atoms. The van der Waals surface area contributed by atoms with E-state index in [0.717, 1.165) is 12.1 Å². The van der Waals surface area contributed by atoms with Crippen molar-refractivity contribution in [2.75, 3.05) is 0 Å². The number of halogens is 1. The Labute approximate surface area is 120 Å². The van der Waals surface area contributed by atoms with E-state index < -0.39 is 0 Å². The van der Waals surface area contributed by atoms with Gasteiger partial charge < -0.3 is 5.32 Å². The molecule has 0 heterocycles. The lowest BCUT2D eigenvalue weighted by molar-refractivity contribution is 0.565. The van der Waals surface area contributed by atoms with Gasteiger partial charge in [0.15, 0.2) is 0 Å². The van der Waals surface area contributed by atoms with E-state index >= 15 is 0 Å². The van der Waals surface area contributed by atoms with E-state index in [-0.39, 0.29) is 11.9 Å². The lowest BCUT2D eigenvalue weighted by atomic mass is 10.0. The maximum absolute atomic E-state index is 13.2. The van der Waals surface area contributed by atoms with Crippen molar-refractivity contribution >= 4 is 0 Å². The molecule has 0 bridgehead atoms. The van der Waals surface area contributed by atoms with Crippen LogP contribution in [0.2, 0.25) is 0 Å². The minimum Gasteiger partial charge on any atom is -0.306 e. The van der Waals surface area contributed by atoms with Gasteiger partial charge in [-0.3, -0.25) is 0 Å². The molecule has 1 atom stereocenters. The largest absolute Gasteiger partial charge is 0.306 e. The number of nitrogens with one attached hydrogen (secondary N) is 1. The predicted octanol–water partition coefficient (Wildman–Crippen LogP) is 4.80. The third-order valence-electron chi connectivity index (χ3n) is 3.61. The van der Waals surface area contributed by atoms with E-state index in [1.807, 2.05) is 6.07 Å². The second-order valence-electron chi connectivity index (χ2n) is 5.55. The highest BCUT2D eigenvalue weighted by molar-refractivity contribution is 5.25. The molecule has 2 aromatic carbocycles. The second kappa shape index (κ2) is 6.67. The molecule has 1 N–H and O–H groups in total. The molecule has 2 rings (SSSR count). The van der Waals surface area contributed by atoms with Gasteiger partial charge in [0.25, 0.3) is 0 Å². The molecule has 0 amide bonds. The molecule has 106 valence electrons. The summed E-state index contributed by atoms with van der Waals surface area (Å²) in [5.41, 5.74) is 3.58. The van der Waals surface area contributed by atoms with Crippen LogP contribution in [-0.4, -0.2) is 0 Å². The third kappa shape index (κ3) is 3.91. The van der Waals surface area contributed by atoms with Crippen molar-refractivity contribution in [1.29, 1.82) is 0 Å². The number of rotatable bonds is 5. The Morgan fingerprint density at radius 1 is 0.950 bits per heavy atom. The highest BCUT2D eigenvalue weighted by Gasteiger charge is 2.06. The minimum absolute atomic E-state index is 0.135. The Kier molecular flexibility index (Phi) is 4.91. The lowest BCUT2D eigenvalue weighted by Gasteiger charge is -2.15. The van der Waals surface area contributed by atoms with Gasteiger partial charge >= 0.3 is 0 Å². The molecule has 0 aliphatic carbocycles. The molecule has 0 saturated heterocycles. The quantitative estimate of drug-likeness (QED) is 0.823. The van der Waals surface area contributed by atoms with E-state index in [4.69, 9.17) is 0 Å². The highest BCUT2D eigenvalue weighted by atomic mass is 19.1. The Hall–Kier alpha value is -1.67. The van der Waals surface area contributed by atoms with Crippen LogP contribution in [0.1, 0.15) is 49.4 Å². The number of hydrogen-bond acceptors (Lipinski definition) is 1. The SMILES string of the molecule is CC(C)c1ccc(CN[C@H](C)c2cccc(F)c2)cc1. The molecule has 0 aromatic heterocycles. The molecule has 0 spiro atoms. The first-order chi connectivity index (χ1) is 9.56. The van der Waals surface area contributed by atoms with Crippen LogP contribution in [0.4, 0.5) is 4.39 Å². The summed E-state index contributed by atoms with van der Waals surface area (Å²) in [5, 5.41) is 3.42. The fourth-order valence-corrected chi connectivity index (χ4v) is 2.19. The predicted molar refractivity (Wildman–Crippen MR) is 82.2 cm³/mol. The van der Waals surface area contributed by atoms with E-state index in [1.54, 1.807) is 12.1 Å². The fourth-order valence-electron chi connectivity index (χ4n) is 2.19. The van der Waals surface area contributed by atoms with Gasteiger partial charge in [-0.05, 0) is 41.7 Å². The van der Waals surface area contributed by atoms with Crippen LogP contribution in [0.15, 0.2) is 48.5 Å². The zero-order valence-electron chi connectivity index (χ0n) is 12.4. The first kappa shape index (κ1) is 14.7. The van der Waals surface area contributed by atoms with Crippen LogP contribution in [-0.2, 0) is 6.54 Å². The van der Waals surface area contributed by atoms with Crippen molar-refractivity contribution in [2.45, 2.75) is 39.3 Å². The van der Waals surface area contributed by atoms with E-state index in [2.05, 4.69) is 50.4 Å². The lowest BCUT2D eigenvalue weighted by Crippen LogP contribution is -2.18. The van der Waals surface area contributed by atoms with Gasteiger partial charge in [0.1, 0.15) is 5.82 Å². The Morgan fingerprint density at radius 2 is 1.65 bits per heavy atom. The fraction of sp³-hybridized carbons (Fsp3) is 0.333. The average Bonchev–Trinajstić information content (AvgIpc) is 2.45. The normalized spacial score (nSPS) is 12.7. The van der Waals surface area contributed by atoms with Gasteiger partial charge in [-0.2, -0.15) is 0 Å². The minimum atomic E-state index is -0.183. The Bertz CT molecular complexity index is 546. The van der Waals surface area contributed by atoms with Crippen molar-refractivity contribution in [3.63, 3.8) is 0 Å². The van der Waals surface area contributed by atoms with Crippen LogP contribution in [0, 0.1) is 5.82 Å². The van der Waals surface area contributed by atoms with Crippen LogP contribution in [0.5, 0.6) is 0 Å². The van der Waals surface area contributed by atoms with Crippen molar-refractivity contribution in [3.8, 4) is 0 Å². The van der Waals surface area contributed by atoms with Gasteiger partial charge in [-0.1, -0.05) is 50.2 Å². The summed E-state index contributed by atoms with van der Waals surface area (Å²) in [6.45, 7) is 7.23. The standard InChI is InChI=1S/C18H22FN/c1-13(2)16-9-7-15(8-10-16)12-20-14(3)17-5-4-6-18(19)11-17/h4-11,13-14,20H,12H2,1-3H3/t14-/m1/s1. The monoisotopic (exact) mass is 271 g/mol. The number of hydrogen-bond donors (Lipinski definition) is 1. The van der Waals surface area contributed by atoms with Crippen molar-refractivity contribution < 1.29 is 4.39 Å². The van der Waals surface area contributed by atoms with Gasteiger partial charge in [-0.25, -0.2) is 4.39 Å². The maximum atomic E-state index is 13.2. The summed E-state index contributed by atoms with van der Waals surface area (Å²) in [5.74, 6) is 0.376. The van der Waals surface area contributed by atoms with Crippen LogP contribution in [0.25, 0.3) is 0 Å². The molecule has 0 aliphatic heterocycles. The van der Waals surface area contributed by atoms with E-state index in [1.165, 1.54) is 17.2 Å². The Morgan fingerprint density at radius 3 is 2.25 bits per heavy atom. The molecule has 0 aliphatic rings. The zero-order chi connectivity index (χ0) is 14.5. The smallest absolute Gasteiger partial charge is 0.123 e. The summed E-state index contributed by atoms with van der Waals surface area (Å²) >= 11 is 0. The molecule has 0 radical (unpaired) electrons. The van der Waals surface area contributed by atoms with E-state index in [9.17, 15) is 4.39 Å². The van der Waals surface area contributed by atoms with Gasteiger partial charge in [-0.15, -0.1) is 0 Å². The molecular formula is C18H22FN. The first-order valence-electron chi connectivity index (χ1n) is 7.14. The zero-order valence-corrected chi connectivity index (χ0v) is 12.4. The summed E-state index contributed by atoms with van der Waals surface area (Å²) < 4.78 is 13.2. The number of benzene rings is 2. The molecular weight excluding hydrogens is 249 g/mol. The van der Waals surface area contributed by atoms with Crippen LogP contribution < -0.4 is 5.32 Å². The first-order valence-corrected chi connectivity index (χ1v) is 7.14. The third-order valence-corrected chi connectivity index (χ3v) is 3.61. The molecule has 0 unspecified atom stereocenters. The Balaban J connectivity index is 1.94. The maximum Gasteiger partial charge on any atom is 0.123 e. The summed E-state index contributed by atoms with van der Waals surface area (Å²) in [4.78, 5) is 0. The average molecular weight is 271 g/mol. The molecule has 0 saturated carbocycles. The molecule has 2 aromatic rings. The summed E-state index contributed by atoms with van der Waals surface area (Å²) in [6.07, 6.45) is 0. The summed E-state index contributed by atoms with van der Waals surface area (Å²) in [6, 6.07) is 15.5. The van der Waals surface area contributed by atoms with Crippen molar-refractivity contribution in [2.24, 2.45) is 0 Å². The van der Waals surface area contributed by atoms with E-state index in [0.29, 0.717) is 5.92 Å². The van der Waals surface area contributed by atoms with Gasteiger partial charge in [0, 0.05) is 12.6 Å². The van der Waals surface area contributed by atoms with Crippen LogP contribution >= 0.6 is 0 Å². The van der Waals surface area contributed by atoms with Crippen LogP contribution in [0.3, 0.4) is 0 Å². The van der Waals surface area contributed by atoms with Crippen molar-refractivity contribution in [3.05, 3.63) is 71.0 Å². The second-order valence-corrected chi connectivity index (χ2v) is 5.55. The molecule has 2 heteroatoms. The van der Waals surface area contributed by atoms with Gasteiger partial charge in [0.05, 0.1) is 0 Å². The topological polar surface area (TPSA) is 12.0 Å². The molecule has 1 nitrogen and oxygen atoms in total. The highest BCUT2D eigenvalue weighted by Crippen LogP contribution is 2.16. The van der Waals surface area contributed by atoms with Crippen molar-refractivity contribution in [1.82, 2.24) is 5.32 Å². The molecule has 0 fully saturated rings. The summed E-state index contributed by atoms with van der Waals surface area (Å²) in [7, 11) is 0.